The standard InChI is InChI=1S/C23H17N3O3/c1-2-15-28-21-11-5-18(6-12-21)23(27)29-22-13-9-20(10-14-22)26-25-19-7-3-17(16-24)4-8-19/h2-14H,1,15H2/b26-25+. The molecule has 0 fully saturated rings. The van der Waals surface area contributed by atoms with E-state index < -0.39 is 5.97 Å². The van der Waals surface area contributed by atoms with E-state index in [1.165, 1.54) is 0 Å². The van der Waals surface area contributed by atoms with Gasteiger partial charge in [0.15, 0.2) is 0 Å². The molecule has 3 aromatic carbocycles. The number of azo groups is 1. The maximum Gasteiger partial charge on any atom is 0.343 e. The summed E-state index contributed by atoms with van der Waals surface area (Å²) in [6.07, 6.45) is 1.65. The van der Waals surface area contributed by atoms with Crippen LogP contribution in [0.4, 0.5) is 11.4 Å². The molecule has 0 N–H and O–H groups in total. The lowest BCUT2D eigenvalue weighted by Gasteiger charge is -2.06. The fourth-order valence-corrected chi connectivity index (χ4v) is 2.31. The largest absolute Gasteiger partial charge is 0.490 e. The van der Waals surface area contributed by atoms with Gasteiger partial charge in [0.25, 0.3) is 0 Å². The van der Waals surface area contributed by atoms with E-state index in [1.807, 2.05) is 6.07 Å². The second kappa shape index (κ2) is 9.62. The molecule has 3 aromatic rings. The molecule has 0 atom stereocenters. The van der Waals surface area contributed by atoms with Crippen LogP contribution in [0.2, 0.25) is 0 Å². The Morgan fingerprint density at radius 3 is 2.00 bits per heavy atom. The average molecular weight is 383 g/mol. The number of ether oxygens (including phenoxy) is 2. The van der Waals surface area contributed by atoms with Gasteiger partial charge in [0.1, 0.15) is 18.1 Å². The predicted molar refractivity (Wildman–Crippen MR) is 109 cm³/mol. The Kier molecular flexibility index (Phi) is 6.48. The monoisotopic (exact) mass is 383 g/mol. The number of nitrogens with zero attached hydrogens (tertiary/aromatic N) is 3. The zero-order chi connectivity index (χ0) is 20.5. The van der Waals surface area contributed by atoms with Crippen molar-refractivity contribution in [1.82, 2.24) is 0 Å². The first-order valence-corrected chi connectivity index (χ1v) is 8.76. The number of carbonyl (C=O) groups is 1. The van der Waals surface area contributed by atoms with Gasteiger partial charge in [-0.25, -0.2) is 4.79 Å². The second-order valence-corrected chi connectivity index (χ2v) is 5.87. The van der Waals surface area contributed by atoms with Gasteiger partial charge in [-0.3, -0.25) is 0 Å². The lowest BCUT2D eigenvalue weighted by molar-refractivity contribution is 0.0734. The molecule has 142 valence electrons. The molecule has 0 heterocycles. The van der Waals surface area contributed by atoms with Crippen LogP contribution in [-0.2, 0) is 0 Å². The van der Waals surface area contributed by atoms with Crippen molar-refractivity contribution in [3.63, 3.8) is 0 Å². The molecule has 6 heteroatoms. The van der Waals surface area contributed by atoms with Gasteiger partial charge in [0.2, 0.25) is 0 Å². The number of hydrogen-bond acceptors (Lipinski definition) is 6. The van der Waals surface area contributed by atoms with Gasteiger partial charge in [-0.2, -0.15) is 15.5 Å². The van der Waals surface area contributed by atoms with Crippen molar-refractivity contribution in [1.29, 1.82) is 5.26 Å². The maximum atomic E-state index is 12.2. The molecular formula is C23H17N3O3. The van der Waals surface area contributed by atoms with Crippen molar-refractivity contribution < 1.29 is 14.3 Å². The highest BCUT2D eigenvalue weighted by atomic mass is 16.5. The van der Waals surface area contributed by atoms with Gasteiger partial charge in [-0.15, -0.1) is 0 Å². The van der Waals surface area contributed by atoms with Crippen LogP contribution < -0.4 is 9.47 Å². The highest BCUT2D eigenvalue weighted by Crippen LogP contribution is 2.22. The number of carbonyl (C=O) groups excluding carboxylic acids is 1. The van der Waals surface area contributed by atoms with Crippen LogP contribution in [0.1, 0.15) is 15.9 Å². The molecule has 0 saturated heterocycles. The van der Waals surface area contributed by atoms with Crippen LogP contribution in [0.25, 0.3) is 0 Å². The van der Waals surface area contributed by atoms with Crippen LogP contribution >= 0.6 is 0 Å². The summed E-state index contributed by atoms with van der Waals surface area (Å²) < 4.78 is 10.8. The van der Waals surface area contributed by atoms with E-state index in [1.54, 1.807) is 78.9 Å². The zero-order valence-corrected chi connectivity index (χ0v) is 15.5. The van der Waals surface area contributed by atoms with Crippen LogP contribution in [-0.4, -0.2) is 12.6 Å². The first-order chi connectivity index (χ1) is 14.2. The molecule has 0 spiro atoms. The van der Waals surface area contributed by atoms with Crippen LogP contribution in [0, 0.1) is 11.3 Å². The normalized spacial score (nSPS) is 10.3. The number of hydrogen-bond donors (Lipinski definition) is 0. The molecule has 6 nitrogen and oxygen atoms in total. The topological polar surface area (TPSA) is 84.0 Å². The maximum absolute atomic E-state index is 12.2. The highest BCUT2D eigenvalue weighted by molar-refractivity contribution is 5.91. The third-order valence-corrected chi connectivity index (χ3v) is 3.78. The molecule has 0 bridgehead atoms. The summed E-state index contributed by atoms with van der Waals surface area (Å²) in [6.45, 7) is 3.99. The van der Waals surface area contributed by atoms with E-state index in [4.69, 9.17) is 14.7 Å². The first kappa shape index (κ1) is 19.5. The zero-order valence-electron chi connectivity index (χ0n) is 15.5. The van der Waals surface area contributed by atoms with E-state index in [9.17, 15) is 4.79 Å². The summed E-state index contributed by atoms with van der Waals surface area (Å²) in [5.74, 6) is 0.588. The van der Waals surface area contributed by atoms with Gasteiger partial charge < -0.3 is 9.47 Å². The van der Waals surface area contributed by atoms with Crippen LogP contribution in [0.5, 0.6) is 11.5 Å². The minimum absolute atomic E-state index is 0.401. The second-order valence-electron chi connectivity index (χ2n) is 5.87. The van der Waals surface area contributed by atoms with Crippen molar-refractivity contribution in [2.75, 3.05) is 6.61 Å². The van der Waals surface area contributed by atoms with Gasteiger partial charge in [-0.1, -0.05) is 12.7 Å². The Balaban J connectivity index is 1.59. The lowest BCUT2D eigenvalue weighted by atomic mass is 10.2. The van der Waals surface area contributed by atoms with Crippen molar-refractivity contribution >= 4 is 17.3 Å². The van der Waals surface area contributed by atoms with Gasteiger partial charge in [-0.05, 0) is 72.8 Å². The number of benzene rings is 3. The molecule has 0 saturated carbocycles. The Morgan fingerprint density at radius 2 is 1.45 bits per heavy atom. The molecule has 0 unspecified atom stereocenters. The third kappa shape index (κ3) is 5.62. The molecule has 3 rings (SSSR count). The van der Waals surface area contributed by atoms with Crippen LogP contribution in [0.15, 0.2) is 95.7 Å². The summed E-state index contributed by atoms with van der Waals surface area (Å²) >= 11 is 0. The first-order valence-electron chi connectivity index (χ1n) is 8.76. The van der Waals surface area contributed by atoms with E-state index in [2.05, 4.69) is 16.8 Å². The van der Waals surface area contributed by atoms with Crippen molar-refractivity contribution in [2.45, 2.75) is 0 Å². The third-order valence-electron chi connectivity index (χ3n) is 3.78. The molecule has 0 aliphatic carbocycles. The molecule has 29 heavy (non-hydrogen) atoms. The van der Waals surface area contributed by atoms with Crippen LogP contribution in [0.3, 0.4) is 0 Å². The molecular weight excluding hydrogens is 366 g/mol. The highest BCUT2D eigenvalue weighted by Gasteiger charge is 2.09. The summed E-state index contributed by atoms with van der Waals surface area (Å²) in [5.41, 5.74) is 2.23. The van der Waals surface area contributed by atoms with Gasteiger partial charge in [0.05, 0.1) is 28.6 Å². The Bertz CT molecular complexity index is 1050. The molecule has 0 radical (unpaired) electrons. The van der Waals surface area contributed by atoms with Crippen molar-refractivity contribution in [3.05, 3.63) is 96.6 Å². The van der Waals surface area contributed by atoms with E-state index in [0.717, 1.165) is 0 Å². The molecule has 0 aliphatic rings. The Hall–Kier alpha value is -4.24. The molecule has 0 amide bonds. The fraction of sp³-hybridized carbons (Fsp3) is 0.0435. The van der Waals surface area contributed by atoms with E-state index >= 15 is 0 Å². The van der Waals surface area contributed by atoms with Crippen molar-refractivity contribution in [3.8, 4) is 17.6 Å². The smallest absolute Gasteiger partial charge is 0.343 e. The van der Waals surface area contributed by atoms with E-state index in [-0.39, 0.29) is 0 Å². The summed E-state index contributed by atoms with van der Waals surface area (Å²) in [6, 6.07) is 22.2. The number of esters is 1. The molecule has 0 aromatic heterocycles. The minimum Gasteiger partial charge on any atom is -0.490 e. The van der Waals surface area contributed by atoms with Gasteiger partial charge in [0, 0.05) is 0 Å². The minimum atomic E-state index is -0.466. The summed E-state index contributed by atoms with van der Waals surface area (Å²) in [7, 11) is 0. The number of nitriles is 1. The van der Waals surface area contributed by atoms with Gasteiger partial charge >= 0.3 is 5.97 Å². The lowest BCUT2D eigenvalue weighted by Crippen LogP contribution is -2.08. The quantitative estimate of drug-likeness (QED) is 0.225. The fourth-order valence-electron chi connectivity index (χ4n) is 2.31. The predicted octanol–water partition coefficient (Wildman–Crippen LogP) is 5.76. The summed E-state index contributed by atoms with van der Waals surface area (Å²) in [4.78, 5) is 12.2. The Labute approximate surface area is 168 Å². The van der Waals surface area contributed by atoms with Crippen molar-refractivity contribution in [2.24, 2.45) is 10.2 Å². The average Bonchev–Trinajstić information content (AvgIpc) is 2.78. The number of rotatable bonds is 7. The summed E-state index contributed by atoms with van der Waals surface area (Å²) in [5, 5.41) is 17.0. The SMILES string of the molecule is C=CCOc1ccc(C(=O)Oc2ccc(/N=N/c3ccc(C#N)cc3)cc2)cc1. The Morgan fingerprint density at radius 1 is 0.897 bits per heavy atom. The van der Waals surface area contributed by atoms with E-state index in [0.29, 0.717) is 40.6 Å². The molecule has 0 aliphatic heterocycles.